The molecule has 1 aliphatic rings. The Bertz CT molecular complexity index is 344. The number of carbonyl (C=O) groups is 1. The molecule has 0 heterocycles. The molecule has 0 bridgehead atoms. The predicted molar refractivity (Wildman–Crippen MR) is 69.6 cm³/mol. The van der Waals surface area contributed by atoms with E-state index < -0.39 is 5.60 Å². The highest BCUT2D eigenvalue weighted by Gasteiger charge is 2.26. The molecule has 0 aromatic carbocycles. The molecule has 1 amide bonds. The number of amides is 1. The van der Waals surface area contributed by atoms with Gasteiger partial charge in [-0.25, -0.2) is 0 Å². The van der Waals surface area contributed by atoms with Gasteiger partial charge in [0.1, 0.15) is 0 Å². The molecule has 0 fully saturated rings. The molecule has 0 aromatic rings. The maximum absolute atomic E-state index is 11.8. The third-order valence-electron chi connectivity index (χ3n) is 3.31. The van der Waals surface area contributed by atoms with E-state index in [-0.39, 0.29) is 11.8 Å². The number of aliphatic hydroxyl groups is 1. The summed E-state index contributed by atoms with van der Waals surface area (Å²) in [7, 11) is 3.55. The van der Waals surface area contributed by atoms with E-state index in [1.54, 1.807) is 19.0 Å². The first kappa shape index (κ1) is 14.0. The zero-order valence-electron chi connectivity index (χ0n) is 11.2. The average molecular weight is 237 g/mol. The van der Waals surface area contributed by atoms with Crippen LogP contribution in [0.25, 0.3) is 0 Å². The van der Waals surface area contributed by atoms with Gasteiger partial charge in [0.25, 0.3) is 0 Å². The molecule has 0 aliphatic heterocycles. The average Bonchev–Trinajstić information content (AvgIpc) is 2.28. The van der Waals surface area contributed by atoms with Gasteiger partial charge in [0.05, 0.1) is 5.60 Å². The van der Waals surface area contributed by atoms with Gasteiger partial charge in [0.15, 0.2) is 0 Å². The van der Waals surface area contributed by atoms with E-state index in [0.717, 1.165) is 12.0 Å². The van der Waals surface area contributed by atoms with Crippen LogP contribution < -0.4 is 0 Å². The Labute approximate surface area is 104 Å². The second-order valence-corrected chi connectivity index (χ2v) is 5.16. The van der Waals surface area contributed by atoms with Crippen molar-refractivity contribution in [3.63, 3.8) is 0 Å². The van der Waals surface area contributed by atoms with Crippen LogP contribution in [-0.2, 0) is 4.79 Å². The van der Waals surface area contributed by atoms with Crippen molar-refractivity contribution in [2.24, 2.45) is 5.92 Å². The van der Waals surface area contributed by atoms with Crippen molar-refractivity contribution in [2.45, 2.75) is 38.7 Å². The SMILES string of the molecule is CCC1(O)C=CC=C(C[C@@H](C)C(=O)N(C)C)C1. The van der Waals surface area contributed by atoms with E-state index in [1.165, 1.54) is 0 Å². The zero-order chi connectivity index (χ0) is 13.1. The van der Waals surface area contributed by atoms with Gasteiger partial charge in [-0.05, 0) is 12.8 Å². The van der Waals surface area contributed by atoms with Crippen molar-refractivity contribution in [3.8, 4) is 0 Å². The monoisotopic (exact) mass is 237 g/mol. The molecule has 2 atom stereocenters. The fourth-order valence-corrected chi connectivity index (χ4v) is 2.18. The Morgan fingerprint density at radius 2 is 2.24 bits per heavy atom. The van der Waals surface area contributed by atoms with Crippen LogP contribution in [0.4, 0.5) is 0 Å². The van der Waals surface area contributed by atoms with Crippen molar-refractivity contribution in [1.29, 1.82) is 0 Å². The first-order valence-corrected chi connectivity index (χ1v) is 6.19. The highest BCUT2D eigenvalue weighted by atomic mass is 16.3. The maximum atomic E-state index is 11.8. The fraction of sp³-hybridized carbons (Fsp3) is 0.643. The lowest BCUT2D eigenvalue weighted by Crippen LogP contribution is -2.30. The van der Waals surface area contributed by atoms with Gasteiger partial charge in [-0.3, -0.25) is 4.79 Å². The summed E-state index contributed by atoms with van der Waals surface area (Å²) in [6.45, 7) is 3.91. The second kappa shape index (κ2) is 5.50. The molecule has 1 unspecified atom stereocenters. The maximum Gasteiger partial charge on any atom is 0.225 e. The number of hydrogen-bond donors (Lipinski definition) is 1. The van der Waals surface area contributed by atoms with Gasteiger partial charge in [-0.2, -0.15) is 0 Å². The number of carbonyl (C=O) groups excluding carboxylic acids is 1. The minimum Gasteiger partial charge on any atom is -0.385 e. The van der Waals surface area contributed by atoms with E-state index in [4.69, 9.17) is 0 Å². The van der Waals surface area contributed by atoms with Crippen molar-refractivity contribution in [2.75, 3.05) is 14.1 Å². The number of rotatable bonds is 4. The van der Waals surface area contributed by atoms with Crippen LogP contribution >= 0.6 is 0 Å². The Kier molecular flexibility index (Phi) is 4.52. The molecule has 0 aromatic heterocycles. The van der Waals surface area contributed by atoms with Crippen molar-refractivity contribution in [3.05, 3.63) is 23.8 Å². The van der Waals surface area contributed by atoms with Crippen molar-refractivity contribution >= 4 is 5.91 Å². The van der Waals surface area contributed by atoms with Crippen LogP contribution in [0.1, 0.15) is 33.1 Å². The lowest BCUT2D eigenvalue weighted by atomic mass is 9.84. The summed E-state index contributed by atoms with van der Waals surface area (Å²) in [6, 6.07) is 0. The van der Waals surface area contributed by atoms with E-state index in [2.05, 4.69) is 0 Å². The minimum atomic E-state index is -0.717. The summed E-state index contributed by atoms with van der Waals surface area (Å²) in [5, 5.41) is 10.2. The molecule has 3 heteroatoms. The molecule has 1 rings (SSSR count). The highest BCUT2D eigenvalue weighted by molar-refractivity contribution is 5.78. The Hall–Kier alpha value is -1.09. The summed E-state index contributed by atoms with van der Waals surface area (Å²) in [5.41, 5.74) is 0.435. The third-order valence-corrected chi connectivity index (χ3v) is 3.31. The quantitative estimate of drug-likeness (QED) is 0.813. The van der Waals surface area contributed by atoms with Crippen LogP contribution in [0, 0.1) is 5.92 Å². The van der Waals surface area contributed by atoms with Crippen LogP contribution in [0.3, 0.4) is 0 Å². The van der Waals surface area contributed by atoms with Crippen LogP contribution in [0.2, 0.25) is 0 Å². The second-order valence-electron chi connectivity index (χ2n) is 5.16. The van der Waals surface area contributed by atoms with Gasteiger partial charge in [-0.15, -0.1) is 0 Å². The van der Waals surface area contributed by atoms with Gasteiger partial charge in [0.2, 0.25) is 5.91 Å². The van der Waals surface area contributed by atoms with Gasteiger partial charge in [-0.1, -0.05) is 37.6 Å². The molecule has 96 valence electrons. The number of hydrogen-bond acceptors (Lipinski definition) is 2. The normalized spacial score (nSPS) is 25.4. The summed E-state index contributed by atoms with van der Waals surface area (Å²) < 4.78 is 0. The van der Waals surface area contributed by atoms with Gasteiger partial charge >= 0.3 is 0 Å². The van der Waals surface area contributed by atoms with Crippen LogP contribution in [-0.4, -0.2) is 35.6 Å². The predicted octanol–water partition coefficient (Wildman–Crippen LogP) is 2.13. The molecule has 0 saturated heterocycles. The van der Waals surface area contributed by atoms with Gasteiger partial charge < -0.3 is 10.0 Å². The first-order valence-electron chi connectivity index (χ1n) is 6.19. The molecule has 0 saturated carbocycles. The largest absolute Gasteiger partial charge is 0.385 e. The van der Waals surface area contributed by atoms with E-state index in [0.29, 0.717) is 12.8 Å². The summed E-state index contributed by atoms with van der Waals surface area (Å²) >= 11 is 0. The van der Waals surface area contributed by atoms with E-state index >= 15 is 0 Å². The van der Waals surface area contributed by atoms with E-state index in [1.807, 2.05) is 32.1 Å². The highest BCUT2D eigenvalue weighted by Crippen LogP contribution is 2.29. The van der Waals surface area contributed by atoms with Crippen LogP contribution in [0.15, 0.2) is 23.8 Å². The summed E-state index contributed by atoms with van der Waals surface area (Å²) in [6.07, 6.45) is 7.83. The fourth-order valence-electron chi connectivity index (χ4n) is 2.18. The molecular formula is C14H23NO2. The minimum absolute atomic E-state index is 0.0242. The molecule has 3 nitrogen and oxygen atoms in total. The third kappa shape index (κ3) is 3.70. The van der Waals surface area contributed by atoms with Gasteiger partial charge in [0, 0.05) is 26.4 Å². The lowest BCUT2D eigenvalue weighted by Gasteiger charge is -2.28. The molecule has 0 radical (unpaired) electrons. The summed E-state index contributed by atoms with van der Waals surface area (Å²) in [5.74, 6) is 0.115. The Balaban J connectivity index is 2.62. The first-order chi connectivity index (χ1) is 7.88. The van der Waals surface area contributed by atoms with E-state index in [9.17, 15) is 9.90 Å². The van der Waals surface area contributed by atoms with Crippen molar-refractivity contribution in [1.82, 2.24) is 4.90 Å². The molecule has 1 aliphatic carbocycles. The zero-order valence-corrected chi connectivity index (χ0v) is 11.2. The molecule has 17 heavy (non-hydrogen) atoms. The smallest absolute Gasteiger partial charge is 0.225 e. The Morgan fingerprint density at radius 3 is 2.76 bits per heavy atom. The van der Waals surface area contributed by atoms with Crippen molar-refractivity contribution < 1.29 is 9.90 Å². The molecular weight excluding hydrogens is 214 g/mol. The lowest BCUT2D eigenvalue weighted by molar-refractivity contribution is -0.132. The number of nitrogens with zero attached hydrogens (tertiary/aromatic N) is 1. The molecule has 1 N–H and O–H groups in total. The van der Waals surface area contributed by atoms with Crippen LogP contribution in [0.5, 0.6) is 0 Å². The number of allylic oxidation sites excluding steroid dienone is 2. The standard InChI is InChI=1S/C14H23NO2/c1-5-14(17)8-6-7-12(10-14)9-11(2)13(16)15(3)4/h6-8,11,17H,5,9-10H2,1-4H3/t11-,14?/m1/s1. The molecule has 0 spiro atoms. The summed E-state index contributed by atoms with van der Waals surface area (Å²) in [4.78, 5) is 13.4. The topological polar surface area (TPSA) is 40.5 Å². The Morgan fingerprint density at radius 1 is 1.59 bits per heavy atom.